The summed E-state index contributed by atoms with van der Waals surface area (Å²) in [7, 11) is -1.43. The Labute approximate surface area is 201 Å². The van der Waals surface area contributed by atoms with Gasteiger partial charge in [0.2, 0.25) is 11.8 Å². The van der Waals surface area contributed by atoms with Crippen molar-refractivity contribution in [3.8, 4) is 0 Å². The number of rotatable bonds is 13. The quantitative estimate of drug-likeness (QED) is 0.288. The summed E-state index contributed by atoms with van der Waals surface area (Å²) in [5, 5.41) is 15.4. The van der Waals surface area contributed by atoms with Gasteiger partial charge in [-0.3, -0.25) is 18.6 Å². The predicted molar refractivity (Wildman–Crippen MR) is 130 cm³/mol. The van der Waals surface area contributed by atoms with Gasteiger partial charge in [0.25, 0.3) is 0 Å². The molecule has 0 radical (unpaired) electrons. The molecule has 9 heteroatoms. The second-order valence-electron chi connectivity index (χ2n) is 8.49. The molecule has 1 unspecified atom stereocenters. The van der Waals surface area contributed by atoms with Crippen LogP contribution in [0.2, 0.25) is 0 Å². The van der Waals surface area contributed by atoms with Gasteiger partial charge in [0.1, 0.15) is 5.75 Å². The van der Waals surface area contributed by atoms with Crippen molar-refractivity contribution in [2.45, 2.75) is 53.9 Å². The standard InChI is InChI=1S/C24H32N2O5S2/c27-22(15-26-23(28)16-33(31)17-8-4-3-5-9-17)25-14-19-18(20-12-13-21(19)32-20)10-6-1-2-7-11-24(29)30/h1,3-6,8-9,18-21H,2,7,10-16H2,(H,25,27)(H,26,28)(H,29,30)/t18-,19+,20-,21+,33?/m0/s1. The first kappa shape index (κ1) is 25.5. The second-order valence-corrected chi connectivity index (χ2v) is 11.4. The summed E-state index contributed by atoms with van der Waals surface area (Å²) in [4.78, 5) is 35.5. The smallest absolute Gasteiger partial charge is 0.303 e. The van der Waals surface area contributed by atoms with Gasteiger partial charge in [-0.2, -0.15) is 11.8 Å². The molecule has 2 fully saturated rings. The fraction of sp³-hybridized carbons (Fsp3) is 0.542. The summed E-state index contributed by atoms with van der Waals surface area (Å²) in [6.07, 6.45) is 9.20. The molecule has 3 N–H and O–H groups in total. The molecule has 0 aromatic heterocycles. The molecule has 5 atom stereocenters. The summed E-state index contributed by atoms with van der Waals surface area (Å²) in [6, 6.07) is 8.80. The van der Waals surface area contributed by atoms with Crippen LogP contribution in [-0.4, -0.2) is 56.4 Å². The maximum Gasteiger partial charge on any atom is 0.303 e. The first-order valence-corrected chi connectivity index (χ1v) is 13.7. The van der Waals surface area contributed by atoms with Crippen LogP contribution in [0.1, 0.15) is 38.5 Å². The Hall–Kier alpha value is -2.13. The van der Waals surface area contributed by atoms with Crippen LogP contribution in [0.25, 0.3) is 0 Å². The molecule has 1 aromatic rings. The molecular formula is C24H32N2O5S2. The highest BCUT2D eigenvalue weighted by Crippen LogP contribution is 2.54. The fourth-order valence-electron chi connectivity index (χ4n) is 4.52. The molecule has 2 bridgehead atoms. The number of hydrogen-bond acceptors (Lipinski definition) is 5. The van der Waals surface area contributed by atoms with Gasteiger partial charge in [-0.25, -0.2) is 0 Å². The number of carbonyl (C=O) groups excluding carboxylic acids is 2. The third-order valence-electron chi connectivity index (χ3n) is 6.18. The van der Waals surface area contributed by atoms with E-state index in [1.54, 1.807) is 24.3 Å². The first-order chi connectivity index (χ1) is 15.9. The zero-order valence-electron chi connectivity index (χ0n) is 18.6. The zero-order valence-corrected chi connectivity index (χ0v) is 20.2. The van der Waals surface area contributed by atoms with Crippen LogP contribution in [0.3, 0.4) is 0 Å². The molecule has 3 rings (SSSR count). The molecule has 2 aliphatic rings. The molecule has 2 aliphatic heterocycles. The van der Waals surface area contributed by atoms with E-state index in [0.717, 1.165) is 12.8 Å². The van der Waals surface area contributed by atoms with E-state index in [9.17, 15) is 18.6 Å². The number of nitrogens with one attached hydrogen (secondary N) is 2. The third kappa shape index (κ3) is 7.99. The van der Waals surface area contributed by atoms with Crippen LogP contribution in [0.4, 0.5) is 0 Å². The molecule has 1 aromatic carbocycles. The molecule has 2 saturated heterocycles. The molecule has 33 heavy (non-hydrogen) atoms. The van der Waals surface area contributed by atoms with Gasteiger partial charge in [0, 0.05) is 28.4 Å². The highest BCUT2D eigenvalue weighted by Gasteiger charge is 2.47. The first-order valence-electron chi connectivity index (χ1n) is 11.4. The molecule has 0 aliphatic carbocycles. The largest absolute Gasteiger partial charge is 0.481 e. The number of fused-ring (bicyclic) bond motifs is 2. The molecule has 7 nitrogen and oxygen atoms in total. The number of amides is 2. The highest BCUT2D eigenvalue weighted by atomic mass is 32.2. The lowest BCUT2D eigenvalue weighted by Gasteiger charge is -2.29. The van der Waals surface area contributed by atoms with Crippen LogP contribution >= 0.6 is 11.8 Å². The Balaban J connectivity index is 1.37. The van der Waals surface area contributed by atoms with Gasteiger partial charge < -0.3 is 15.7 Å². The topological polar surface area (TPSA) is 113 Å². The van der Waals surface area contributed by atoms with Gasteiger partial charge in [-0.05, 0) is 56.1 Å². The van der Waals surface area contributed by atoms with Gasteiger partial charge >= 0.3 is 5.97 Å². The van der Waals surface area contributed by atoms with Gasteiger partial charge in [-0.15, -0.1) is 0 Å². The SMILES string of the molecule is O=C(O)CCCC=CC[C@H]1[C@@H](CNC(=O)CNC(=O)CS(=O)c2ccccc2)[C@H]2CC[C@@H]1S2. The third-order valence-corrected chi connectivity index (χ3v) is 9.37. The van der Waals surface area contributed by atoms with Crippen molar-refractivity contribution in [1.29, 1.82) is 0 Å². The molecular weight excluding hydrogens is 460 g/mol. The summed E-state index contributed by atoms with van der Waals surface area (Å²) in [5.41, 5.74) is 0. The molecule has 0 spiro atoms. The van der Waals surface area contributed by atoms with Crippen molar-refractivity contribution in [2.75, 3.05) is 18.8 Å². The molecule has 2 amide bonds. The number of aliphatic carboxylic acids is 1. The van der Waals surface area contributed by atoms with Crippen molar-refractivity contribution in [1.82, 2.24) is 10.6 Å². The van der Waals surface area contributed by atoms with Gasteiger partial charge in [-0.1, -0.05) is 30.4 Å². The maximum absolute atomic E-state index is 12.3. The van der Waals surface area contributed by atoms with E-state index in [1.807, 2.05) is 17.8 Å². The highest BCUT2D eigenvalue weighted by molar-refractivity contribution is 8.01. The van der Waals surface area contributed by atoms with Crippen molar-refractivity contribution in [3.05, 3.63) is 42.5 Å². The zero-order chi connectivity index (χ0) is 23.6. The number of carbonyl (C=O) groups is 3. The summed E-state index contributed by atoms with van der Waals surface area (Å²) < 4.78 is 12.2. The number of unbranched alkanes of at least 4 members (excludes halogenated alkanes) is 1. The number of carboxylic acid groups (broad SMARTS) is 1. The van der Waals surface area contributed by atoms with Crippen LogP contribution in [0, 0.1) is 11.8 Å². The normalized spacial score (nSPS) is 24.6. The van der Waals surface area contributed by atoms with E-state index >= 15 is 0 Å². The Bertz CT molecular complexity index is 877. The van der Waals surface area contributed by atoms with E-state index in [1.165, 1.54) is 12.8 Å². The van der Waals surface area contributed by atoms with E-state index in [-0.39, 0.29) is 24.6 Å². The van der Waals surface area contributed by atoms with Crippen molar-refractivity contribution >= 4 is 40.3 Å². The summed E-state index contributed by atoms with van der Waals surface area (Å²) in [5.74, 6) is -0.653. The Morgan fingerprint density at radius 2 is 1.76 bits per heavy atom. The fourth-order valence-corrected chi connectivity index (χ4v) is 7.50. The van der Waals surface area contributed by atoms with Crippen molar-refractivity contribution in [2.24, 2.45) is 11.8 Å². The average molecular weight is 493 g/mol. The second kappa shape index (κ2) is 12.9. The minimum atomic E-state index is -1.43. The van der Waals surface area contributed by atoms with E-state index in [4.69, 9.17) is 5.11 Å². The van der Waals surface area contributed by atoms with Crippen LogP contribution < -0.4 is 10.6 Å². The van der Waals surface area contributed by atoms with E-state index in [0.29, 0.717) is 40.2 Å². The Morgan fingerprint density at radius 1 is 1.03 bits per heavy atom. The number of benzene rings is 1. The minimum Gasteiger partial charge on any atom is -0.481 e. The van der Waals surface area contributed by atoms with Gasteiger partial charge in [0.15, 0.2) is 0 Å². The summed E-state index contributed by atoms with van der Waals surface area (Å²) >= 11 is 2.03. The number of hydrogen-bond donors (Lipinski definition) is 3. The summed E-state index contributed by atoms with van der Waals surface area (Å²) in [6.45, 7) is 0.475. The Morgan fingerprint density at radius 3 is 2.48 bits per heavy atom. The lowest BCUT2D eigenvalue weighted by molar-refractivity contribution is -0.137. The van der Waals surface area contributed by atoms with Crippen LogP contribution in [-0.2, 0) is 25.2 Å². The van der Waals surface area contributed by atoms with Crippen LogP contribution in [0.15, 0.2) is 47.4 Å². The van der Waals surface area contributed by atoms with Gasteiger partial charge in [0.05, 0.1) is 17.3 Å². The lowest BCUT2D eigenvalue weighted by Crippen LogP contribution is -2.43. The maximum atomic E-state index is 12.3. The average Bonchev–Trinajstić information content (AvgIpc) is 3.41. The van der Waals surface area contributed by atoms with Crippen molar-refractivity contribution in [3.63, 3.8) is 0 Å². The number of allylic oxidation sites excluding steroid dienone is 2. The molecule has 0 saturated carbocycles. The lowest BCUT2D eigenvalue weighted by atomic mass is 9.77. The van der Waals surface area contributed by atoms with Crippen molar-refractivity contribution < 1.29 is 23.7 Å². The minimum absolute atomic E-state index is 0.118. The predicted octanol–water partition coefficient (Wildman–Crippen LogP) is 2.74. The molecule has 180 valence electrons. The molecule has 2 heterocycles. The number of thioether (sulfide) groups is 1. The van der Waals surface area contributed by atoms with E-state index < -0.39 is 22.7 Å². The van der Waals surface area contributed by atoms with Crippen LogP contribution in [0.5, 0.6) is 0 Å². The van der Waals surface area contributed by atoms with E-state index in [2.05, 4.69) is 22.8 Å². The number of carboxylic acids is 1. The Kier molecular flexibility index (Phi) is 9.99. The monoisotopic (exact) mass is 492 g/mol.